The number of hydrogen-bond donors (Lipinski definition) is 0. The molecule has 4 unspecified atom stereocenters. The first-order chi connectivity index (χ1) is 17.2. The molecule has 0 spiro atoms. The molecule has 202 valence electrons. The Morgan fingerprint density at radius 1 is 0.622 bits per heavy atom. The van der Waals surface area contributed by atoms with Crippen molar-refractivity contribution in [3.05, 3.63) is 29.8 Å². The number of methoxy groups -OCH3 is 6. The van der Waals surface area contributed by atoms with Crippen LogP contribution in [0.2, 0.25) is 0 Å². The Balaban J connectivity index is 0.00000684. The molecule has 0 N–H and O–H groups in total. The van der Waals surface area contributed by atoms with Gasteiger partial charge < -0.3 is 42.6 Å². The van der Waals surface area contributed by atoms with E-state index in [1.807, 2.05) is 0 Å². The van der Waals surface area contributed by atoms with Gasteiger partial charge >= 0.3 is 18.9 Å². The summed E-state index contributed by atoms with van der Waals surface area (Å²) in [5, 5.41) is 0.491. The van der Waals surface area contributed by atoms with Crippen molar-refractivity contribution in [3.63, 3.8) is 0 Å². The zero-order valence-electron chi connectivity index (χ0n) is 22.1. The van der Waals surface area contributed by atoms with Crippen LogP contribution in [0.4, 0.5) is 0 Å². The predicted molar refractivity (Wildman–Crippen MR) is 143 cm³/mol. The van der Waals surface area contributed by atoms with Gasteiger partial charge in [0.2, 0.25) is 0 Å². The Bertz CT molecular complexity index is 961. The fourth-order valence-corrected chi connectivity index (χ4v) is 4.15. The van der Waals surface area contributed by atoms with Crippen LogP contribution in [-0.4, -0.2) is 85.9 Å². The maximum atomic E-state index is 13.7. The van der Waals surface area contributed by atoms with E-state index < -0.39 is 27.5 Å². The summed E-state index contributed by atoms with van der Waals surface area (Å²) in [7, 11) is 8.59. The van der Waals surface area contributed by atoms with E-state index in [9.17, 15) is 4.79 Å². The predicted octanol–water partition coefficient (Wildman–Crippen LogP) is 3.32. The fraction of sp³-hybridized carbons (Fsp3) is 0.480. The molecule has 10 nitrogen and oxygen atoms in total. The van der Waals surface area contributed by atoms with Crippen LogP contribution in [0.5, 0.6) is 34.5 Å². The second-order valence-corrected chi connectivity index (χ2v) is 8.62. The van der Waals surface area contributed by atoms with Gasteiger partial charge in [0.25, 0.3) is 0 Å². The van der Waals surface area contributed by atoms with Crippen molar-refractivity contribution in [2.24, 2.45) is 0 Å². The first-order valence-electron chi connectivity index (χ1n) is 11.1. The van der Waals surface area contributed by atoms with Crippen LogP contribution >= 0.6 is 8.58 Å². The molecule has 37 heavy (non-hydrogen) atoms. The van der Waals surface area contributed by atoms with Crippen LogP contribution in [-0.2, 0) is 14.2 Å². The van der Waals surface area contributed by atoms with Crippen molar-refractivity contribution in [3.8, 4) is 34.5 Å². The van der Waals surface area contributed by atoms with Gasteiger partial charge in [0, 0.05) is 45.6 Å². The standard InChI is InChI=1S/C25H35O10P.Li.H/c1-14(27-4)33-18-12-21(34-15(2)28-5)24(22(13-18)35-16(3)29-6)36-25(26)23-19(31-8)10-17(30-7)11-20(23)32-9;;/h10-16,36H,1-9H3;;. The van der Waals surface area contributed by atoms with Crippen molar-refractivity contribution in [2.45, 2.75) is 39.6 Å². The summed E-state index contributed by atoms with van der Waals surface area (Å²) in [6.07, 6.45) is -1.76. The van der Waals surface area contributed by atoms with Gasteiger partial charge in [-0.1, -0.05) is 0 Å². The number of hydrogen-bond acceptors (Lipinski definition) is 10. The third-order valence-electron chi connectivity index (χ3n) is 5.10. The quantitative estimate of drug-likeness (QED) is 0.192. The molecule has 0 aliphatic rings. The third-order valence-corrected chi connectivity index (χ3v) is 6.32. The number of carbonyl (C=O) groups excluding carboxylic acids is 1. The van der Waals surface area contributed by atoms with E-state index in [1.54, 1.807) is 45.0 Å². The molecule has 12 heteroatoms. The molecule has 0 amide bonds. The van der Waals surface area contributed by atoms with E-state index >= 15 is 0 Å². The van der Waals surface area contributed by atoms with Crippen molar-refractivity contribution in [1.29, 1.82) is 0 Å². The molecule has 0 bridgehead atoms. The summed E-state index contributed by atoms with van der Waals surface area (Å²) in [5.74, 6) is 2.24. The summed E-state index contributed by atoms with van der Waals surface area (Å²) in [4.78, 5) is 13.7. The average molecular weight is 534 g/mol. The Labute approximate surface area is 232 Å². The van der Waals surface area contributed by atoms with Gasteiger partial charge in [0.1, 0.15) is 40.1 Å². The monoisotopic (exact) mass is 534 g/mol. The second-order valence-electron chi connectivity index (χ2n) is 7.42. The molecule has 0 heterocycles. The van der Waals surface area contributed by atoms with E-state index in [1.165, 1.54) is 42.7 Å². The van der Waals surface area contributed by atoms with E-state index in [-0.39, 0.29) is 29.9 Å². The number of rotatable bonds is 15. The number of ether oxygens (including phenoxy) is 9. The van der Waals surface area contributed by atoms with Crippen molar-refractivity contribution in [1.82, 2.24) is 0 Å². The van der Waals surface area contributed by atoms with E-state index in [4.69, 9.17) is 42.6 Å². The zero-order valence-corrected chi connectivity index (χ0v) is 23.1. The zero-order chi connectivity index (χ0) is 26.8. The summed E-state index contributed by atoms with van der Waals surface area (Å²) >= 11 is 0. The van der Waals surface area contributed by atoms with E-state index in [0.717, 1.165) is 0 Å². The Morgan fingerprint density at radius 2 is 1.03 bits per heavy atom. The Kier molecular flexibility index (Phi) is 14.1. The molecule has 0 aliphatic heterocycles. The summed E-state index contributed by atoms with van der Waals surface area (Å²) in [6.45, 7) is 5.21. The normalized spacial score (nSPS) is 13.3. The van der Waals surface area contributed by atoms with Gasteiger partial charge in [-0.25, -0.2) is 0 Å². The number of benzene rings is 2. The summed E-state index contributed by atoms with van der Waals surface area (Å²) in [6, 6.07) is 6.57. The Hall–Kier alpha value is -2.18. The van der Waals surface area contributed by atoms with Crippen molar-refractivity contribution in [2.75, 3.05) is 42.7 Å². The van der Waals surface area contributed by atoms with Gasteiger partial charge in [-0.05, 0) is 29.4 Å². The molecule has 0 aromatic heterocycles. The number of carbonyl (C=O) groups is 1. The maximum absolute atomic E-state index is 13.7. The van der Waals surface area contributed by atoms with Crippen LogP contribution in [0.25, 0.3) is 0 Å². The molecular weight excluding hydrogens is 498 g/mol. The van der Waals surface area contributed by atoms with E-state index in [2.05, 4.69) is 0 Å². The van der Waals surface area contributed by atoms with Crippen LogP contribution in [0.1, 0.15) is 31.1 Å². The van der Waals surface area contributed by atoms with Gasteiger partial charge in [-0.15, -0.1) is 0 Å². The SMILES string of the molecule is COc1cc(OC)c(C(=O)Pc2c(OC(C)OC)cc(OC(C)OC)cc2OC(C)OC)c(OC)c1.[LiH]. The first-order valence-corrected chi connectivity index (χ1v) is 12.1. The Morgan fingerprint density at radius 3 is 1.41 bits per heavy atom. The molecule has 4 atom stereocenters. The van der Waals surface area contributed by atoms with Crippen LogP contribution < -0.4 is 33.7 Å². The molecular formula is C25H36LiO10P. The molecule has 2 rings (SSSR count). The molecule has 0 aliphatic carbocycles. The minimum atomic E-state index is -0.614. The topological polar surface area (TPSA) is 100 Å². The van der Waals surface area contributed by atoms with Gasteiger partial charge in [-0.3, -0.25) is 4.79 Å². The average Bonchev–Trinajstić information content (AvgIpc) is 2.88. The van der Waals surface area contributed by atoms with Crippen LogP contribution in [0.15, 0.2) is 24.3 Å². The molecule has 0 saturated heterocycles. The first kappa shape index (κ1) is 32.8. The fourth-order valence-electron chi connectivity index (χ4n) is 3.04. The molecule has 0 fully saturated rings. The molecule has 2 aromatic carbocycles. The van der Waals surface area contributed by atoms with E-state index in [0.29, 0.717) is 39.8 Å². The van der Waals surface area contributed by atoms with Crippen LogP contribution in [0.3, 0.4) is 0 Å². The summed E-state index contributed by atoms with van der Waals surface area (Å²) < 4.78 is 49.9. The molecule has 2 aromatic rings. The molecule has 0 radical (unpaired) electrons. The van der Waals surface area contributed by atoms with Gasteiger partial charge in [-0.2, -0.15) is 0 Å². The third kappa shape index (κ3) is 8.96. The summed E-state index contributed by atoms with van der Waals surface area (Å²) in [5.41, 5.74) is -0.000865. The van der Waals surface area contributed by atoms with Crippen molar-refractivity contribution < 1.29 is 47.4 Å². The second kappa shape index (κ2) is 15.9. The molecule has 0 saturated carbocycles. The minimum absolute atomic E-state index is 0. The van der Waals surface area contributed by atoms with Gasteiger partial charge in [0.15, 0.2) is 24.4 Å². The van der Waals surface area contributed by atoms with Crippen molar-refractivity contribution >= 4 is 38.3 Å². The van der Waals surface area contributed by atoms with Crippen LogP contribution in [0, 0.1) is 0 Å². The van der Waals surface area contributed by atoms with Gasteiger partial charge in [0.05, 0.1) is 26.6 Å².